The molecule has 53 valence electrons. The van der Waals surface area contributed by atoms with E-state index in [0.29, 0.717) is 12.5 Å². The Morgan fingerprint density at radius 2 is 2.56 bits per heavy atom. The maximum absolute atomic E-state index is 5.30. The first-order chi connectivity index (χ1) is 4.34. The number of ether oxygens (including phenoxy) is 2. The zero-order valence-corrected chi connectivity index (χ0v) is 6.02. The Morgan fingerprint density at radius 3 is 3.00 bits per heavy atom. The second-order valence-electron chi connectivity index (χ2n) is 2.44. The fourth-order valence-electron chi connectivity index (χ4n) is 0.996. The van der Waals surface area contributed by atoms with Crippen LogP contribution in [0.3, 0.4) is 0 Å². The lowest BCUT2D eigenvalue weighted by Gasteiger charge is -2.10. The number of hydrogen-bond acceptors (Lipinski definition) is 2. The molecule has 0 bridgehead atoms. The van der Waals surface area contributed by atoms with Gasteiger partial charge in [-0.25, -0.2) is 0 Å². The summed E-state index contributed by atoms with van der Waals surface area (Å²) in [5, 5.41) is 0. The molecule has 1 heterocycles. The summed E-state index contributed by atoms with van der Waals surface area (Å²) in [7, 11) is 1.70. The van der Waals surface area contributed by atoms with E-state index >= 15 is 0 Å². The molecular weight excluding hydrogens is 116 g/mol. The van der Waals surface area contributed by atoms with Gasteiger partial charge < -0.3 is 9.47 Å². The minimum Gasteiger partial charge on any atom is -0.382 e. The molecule has 0 saturated carbocycles. The van der Waals surface area contributed by atoms with Gasteiger partial charge in [-0.1, -0.05) is 6.92 Å². The lowest BCUT2D eigenvalue weighted by Crippen LogP contribution is -2.09. The number of methoxy groups -OCH3 is 1. The van der Waals surface area contributed by atoms with Gasteiger partial charge in [0, 0.05) is 13.7 Å². The molecule has 0 amide bonds. The van der Waals surface area contributed by atoms with Crippen molar-refractivity contribution < 1.29 is 9.47 Å². The van der Waals surface area contributed by atoms with Crippen molar-refractivity contribution in [2.75, 3.05) is 20.3 Å². The SMILES string of the molecule is COC[C]1OCCC1C. The van der Waals surface area contributed by atoms with E-state index in [2.05, 4.69) is 6.92 Å². The fraction of sp³-hybridized carbons (Fsp3) is 0.857. The molecule has 0 N–H and O–H groups in total. The van der Waals surface area contributed by atoms with Crippen LogP contribution in [0.25, 0.3) is 0 Å². The van der Waals surface area contributed by atoms with Gasteiger partial charge >= 0.3 is 0 Å². The molecule has 1 fully saturated rings. The van der Waals surface area contributed by atoms with Crippen LogP contribution < -0.4 is 0 Å². The van der Waals surface area contributed by atoms with Gasteiger partial charge in [0.2, 0.25) is 0 Å². The Bertz CT molecular complexity index is 83.0. The van der Waals surface area contributed by atoms with Crippen LogP contribution in [-0.4, -0.2) is 20.3 Å². The molecule has 1 unspecified atom stereocenters. The molecule has 9 heavy (non-hydrogen) atoms. The molecule has 0 aromatic carbocycles. The van der Waals surface area contributed by atoms with Crippen molar-refractivity contribution in [3.63, 3.8) is 0 Å². The molecule has 0 aliphatic carbocycles. The van der Waals surface area contributed by atoms with Crippen molar-refractivity contribution in [3.8, 4) is 0 Å². The average Bonchev–Trinajstić information content (AvgIpc) is 2.18. The van der Waals surface area contributed by atoms with Crippen LogP contribution in [0.15, 0.2) is 0 Å². The van der Waals surface area contributed by atoms with Crippen LogP contribution in [0.2, 0.25) is 0 Å². The van der Waals surface area contributed by atoms with E-state index in [1.807, 2.05) is 0 Å². The zero-order valence-electron chi connectivity index (χ0n) is 6.02. The van der Waals surface area contributed by atoms with E-state index in [9.17, 15) is 0 Å². The molecule has 2 heteroatoms. The summed E-state index contributed by atoms with van der Waals surface area (Å²) in [6.45, 7) is 3.71. The summed E-state index contributed by atoms with van der Waals surface area (Å²) in [4.78, 5) is 0. The van der Waals surface area contributed by atoms with Gasteiger partial charge in [0.05, 0.1) is 6.61 Å². The highest BCUT2D eigenvalue weighted by atomic mass is 16.5. The lowest BCUT2D eigenvalue weighted by molar-refractivity contribution is 0.0980. The van der Waals surface area contributed by atoms with Gasteiger partial charge in [-0.05, 0) is 12.3 Å². The summed E-state index contributed by atoms with van der Waals surface area (Å²) in [6, 6.07) is 0. The predicted octanol–water partition coefficient (Wildman–Crippen LogP) is 1.22. The Kier molecular flexibility index (Phi) is 2.49. The van der Waals surface area contributed by atoms with Crippen LogP contribution in [0, 0.1) is 12.0 Å². The lowest BCUT2D eigenvalue weighted by atomic mass is 10.1. The normalized spacial score (nSPS) is 29.3. The first kappa shape index (κ1) is 7.03. The molecule has 1 aliphatic heterocycles. The topological polar surface area (TPSA) is 18.5 Å². The summed E-state index contributed by atoms with van der Waals surface area (Å²) < 4.78 is 10.2. The highest BCUT2D eigenvalue weighted by molar-refractivity contribution is 4.89. The highest BCUT2D eigenvalue weighted by Gasteiger charge is 2.24. The Labute approximate surface area is 56.2 Å². The Hall–Kier alpha value is -0.0800. The molecule has 1 atom stereocenters. The van der Waals surface area contributed by atoms with Gasteiger partial charge in [0.1, 0.15) is 6.10 Å². The molecule has 0 aromatic heterocycles. The largest absolute Gasteiger partial charge is 0.382 e. The highest BCUT2D eigenvalue weighted by Crippen LogP contribution is 2.26. The van der Waals surface area contributed by atoms with Crippen LogP contribution in [-0.2, 0) is 9.47 Å². The molecule has 0 spiro atoms. The third-order valence-electron chi connectivity index (χ3n) is 1.67. The third kappa shape index (κ3) is 1.66. The predicted molar refractivity (Wildman–Crippen MR) is 34.9 cm³/mol. The van der Waals surface area contributed by atoms with Crippen molar-refractivity contribution in [2.45, 2.75) is 13.3 Å². The molecule has 1 radical (unpaired) electrons. The van der Waals surface area contributed by atoms with Gasteiger partial charge in [0.15, 0.2) is 0 Å². The average molecular weight is 129 g/mol. The maximum Gasteiger partial charge on any atom is 0.125 e. The van der Waals surface area contributed by atoms with E-state index < -0.39 is 0 Å². The van der Waals surface area contributed by atoms with Crippen molar-refractivity contribution in [2.24, 2.45) is 5.92 Å². The molecule has 2 nitrogen and oxygen atoms in total. The van der Waals surface area contributed by atoms with E-state index in [1.54, 1.807) is 7.11 Å². The number of hydrogen-bond donors (Lipinski definition) is 0. The van der Waals surface area contributed by atoms with E-state index in [-0.39, 0.29) is 0 Å². The monoisotopic (exact) mass is 129 g/mol. The summed E-state index contributed by atoms with van der Waals surface area (Å²) in [6.07, 6.45) is 2.26. The van der Waals surface area contributed by atoms with Crippen LogP contribution in [0.4, 0.5) is 0 Å². The Morgan fingerprint density at radius 1 is 1.78 bits per heavy atom. The summed E-state index contributed by atoms with van der Waals surface area (Å²) in [5.41, 5.74) is 0. The van der Waals surface area contributed by atoms with Crippen molar-refractivity contribution in [3.05, 3.63) is 6.10 Å². The molecule has 1 saturated heterocycles. The second kappa shape index (κ2) is 3.18. The smallest absolute Gasteiger partial charge is 0.125 e. The van der Waals surface area contributed by atoms with Crippen molar-refractivity contribution >= 4 is 0 Å². The van der Waals surface area contributed by atoms with Crippen molar-refractivity contribution in [1.29, 1.82) is 0 Å². The first-order valence-electron chi connectivity index (χ1n) is 3.32. The van der Waals surface area contributed by atoms with Crippen LogP contribution in [0.1, 0.15) is 13.3 Å². The summed E-state index contributed by atoms with van der Waals surface area (Å²) >= 11 is 0. The van der Waals surface area contributed by atoms with Gasteiger partial charge in [-0.2, -0.15) is 0 Å². The number of rotatable bonds is 2. The Balaban J connectivity index is 2.22. The van der Waals surface area contributed by atoms with Crippen molar-refractivity contribution in [1.82, 2.24) is 0 Å². The first-order valence-corrected chi connectivity index (χ1v) is 3.32. The standard InChI is InChI=1S/C7H13O2/c1-6-3-4-9-7(6)5-8-2/h6H,3-5H2,1-2H3. The molecule has 1 aliphatic rings. The fourth-order valence-corrected chi connectivity index (χ4v) is 0.996. The van der Waals surface area contributed by atoms with Gasteiger partial charge in [0.25, 0.3) is 0 Å². The van der Waals surface area contributed by atoms with Gasteiger partial charge in [-0.15, -0.1) is 0 Å². The maximum atomic E-state index is 5.30. The second-order valence-corrected chi connectivity index (χ2v) is 2.44. The third-order valence-corrected chi connectivity index (χ3v) is 1.67. The zero-order chi connectivity index (χ0) is 6.69. The van der Waals surface area contributed by atoms with Gasteiger partial charge in [-0.3, -0.25) is 0 Å². The minimum absolute atomic E-state index is 0.602. The summed E-state index contributed by atoms with van der Waals surface area (Å²) in [5.74, 6) is 0.602. The quantitative estimate of drug-likeness (QED) is 0.558. The van der Waals surface area contributed by atoms with Crippen LogP contribution in [0.5, 0.6) is 0 Å². The molecular formula is C7H13O2. The van der Waals surface area contributed by atoms with E-state index in [1.165, 1.54) is 0 Å². The van der Waals surface area contributed by atoms with E-state index in [0.717, 1.165) is 19.1 Å². The molecule has 1 rings (SSSR count). The minimum atomic E-state index is 0.602. The van der Waals surface area contributed by atoms with E-state index in [4.69, 9.17) is 9.47 Å². The van der Waals surface area contributed by atoms with Crippen LogP contribution >= 0.6 is 0 Å². The molecule has 0 aromatic rings.